The van der Waals surface area contributed by atoms with Gasteiger partial charge in [0.25, 0.3) is 0 Å². The van der Waals surface area contributed by atoms with Crippen molar-refractivity contribution in [2.45, 2.75) is 59.0 Å². The van der Waals surface area contributed by atoms with Crippen LogP contribution < -0.4 is 0 Å². The lowest BCUT2D eigenvalue weighted by molar-refractivity contribution is -0.151. The summed E-state index contributed by atoms with van der Waals surface area (Å²) in [4.78, 5) is 47.7. The Kier molecular flexibility index (Phi) is 5.34. The number of fused-ring (bicyclic) bond motifs is 1. The van der Waals surface area contributed by atoms with E-state index in [4.69, 9.17) is 9.47 Å². The van der Waals surface area contributed by atoms with Crippen LogP contribution in [0.3, 0.4) is 0 Å². The predicted molar refractivity (Wildman–Crippen MR) is 101 cm³/mol. The second kappa shape index (κ2) is 7.30. The molecule has 0 bridgehead atoms. The van der Waals surface area contributed by atoms with Gasteiger partial charge < -0.3 is 14.3 Å². The molecule has 152 valence electrons. The maximum atomic E-state index is 12.5. The zero-order valence-electron chi connectivity index (χ0n) is 16.8. The molecule has 3 fully saturated rings. The molecule has 0 aromatic heterocycles. The fourth-order valence-electron chi connectivity index (χ4n) is 5.52. The quantitative estimate of drug-likeness (QED) is 0.242. The van der Waals surface area contributed by atoms with E-state index in [1.807, 2.05) is 0 Å². The molecule has 0 aromatic carbocycles. The fraction of sp³-hybridized carbons (Fsp3) is 0.636. The van der Waals surface area contributed by atoms with Gasteiger partial charge in [-0.15, -0.1) is 0 Å². The smallest absolute Gasteiger partial charge is 0.337 e. The van der Waals surface area contributed by atoms with E-state index in [0.717, 1.165) is 24.7 Å². The van der Waals surface area contributed by atoms with E-state index in [-0.39, 0.29) is 29.6 Å². The Balaban J connectivity index is 1.89. The summed E-state index contributed by atoms with van der Waals surface area (Å²) in [6.07, 6.45) is 5.07. The minimum absolute atomic E-state index is 0.0175. The molecule has 3 rings (SSSR count). The van der Waals surface area contributed by atoms with Crippen LogP contribution >= 0.6 is 0 Å². The maximum absolute atomic E-state index is 12.5. The normalized spacial score (nSPS) is 39.5. The molecule has 3 aliphatic rings. The van der Waals surface area contributed by atoms with E-state index >= 15 is 0 Å². The molecule has 0 N–H and O–H groups in total. The number of cyclic esters (lactones) is 1. The highest BCUT2D eigenvalue weighted by atomic mass is 16.6. The molecule has 1 saturated heterocycles. The molecule has 0 aromatic rings. The van der Waals surface area contributed by atoms with Crippen molar-refractivity contribution in [2.24, 2.45) is 22.7 Å². The van der Waals surface area contributed by atoms with Gasteiger partial charge in [0.05, 0.1) is 11.0 Å². The highest BCUT2D eigenvalue weighted by Gasteiger charge is 2.57. The summed E-state index contributed by atoms with van der Waals surface area (Å²) in [5.74, 6) is -0.921. The predicted octanol–water partition coefficient (Wildman–Crippen LogP) is 2.95. The van der Waals surface area contributed by atoms with Gasteiger partial charge in [-0.25, -0.2) is 4.79 Å². The second-order valence-electron chi connectivity index (χ2n) is 8.72. The van der Waals surface area contributed by atoms with E-state index in [1.165, 1.54) is 6.92 Å². The van der Waals surface area contributed by atoms with Crippen LogP contribution in [0.25, 0.3) is 0 Å². The summed E-state index contributed by atoms with van der Waals surface area (Å²) >= 11 is 0. The van der Waals surface area contributed by atoms with Gasteiger partial charge in [0, 0.05) is 13.3 Å². The molecular weight excluding hydrogens is 360 g/mol. The molecule has 1 unspecified atom stereocenters. The summed E-state index contributed by atoms with van der Waals surface area (Å²) in [5.41, 5.74) is 0.216. The van der Waals surface area contributed by atoms with Crippen LogP contribution in [0.15, 0.2) is 23.8 Å². The molecule has 2 aliphatic carbocycles. The Bertz CT molecular complexity index is 765. The number of aldehydes is 1. The summed E-state index contributed by atoms with van der Waals surface area (Å²) in [6.45, 7) is 9.48. The highest BCUT2D eigenvalue weighted by Crippen LogP contribution is 2.60. The number of hydrogen-bond acceptors (Lipinski definition) is 6. The van der Waals surface area contributed by atoms with Gasteiger partial charge in [0.15, 0.2) is 6.10 Å². The molecule has 0 amide bonds. The van der Waals surface area contributed by atoms with Gasteiger partial charge in [-0.3, -0.25) is 9.59 Å². The lowest BCUT2D eigenvalue weighted by Crippen LogP contribution is -2.55. The number of rotatable bonds is 4. The van der Waals surface area contributed by atoms with Crippen molar-refractivity contribution in [1.82, 2.24) is 0 Å². The molecular formula is C22H28O6. The zero-order chi connectivity index (χ0) is 20.7. The first kappa shape index (κ1) is 20.5. The molecule has 6 heteroatoms. The third-order valence-corrected chi connectivity index (χ3v) is 7.13. The summed E-state index contributed by atoms with van der Waals surface area (Å²) in [7, 11) is 0. The van der Waals surface area contributed by atoms with Crippen molar-refractivity contribution in [3.63, 3.8) is 0 Å². The fourth-order valence-corrected chi connectivity index (χ4v) is 5.52. The average molecular weight is 388 g/mol. The summed E-state index contributed by atoms with van der Waals surface area (Å²) < 4.78 is 10.2. The van der Waals surface area contributed by atoms with Gasteiger partial charge in [-0.05, 0) is 49.9 Å². The van der Waals surface area contributed by atoms with Crippen molar-refractivity contribution in [3.8, 4) is 0 Å². The Labute approximate surface area is 165 Å². The van der Waals surface area contributed by atoms with Crippen molar-refractivity contribution >= 4 is 24.0 Å². The Hall–Kier alpha value is -2.24. The van der Waals surface area contributed by atoms with E-state index in [9.17, 15) is 19.2 Å². The average Bonchev–Trinajstić information content (AvgIpc) is 2.97. The SMILES string of the molecule is C=C1CCC2[C@](C)(CCC(=O)[C@@]2(C)C=O)[C@@H]1C/C=C1/C(=O)OC[C@H]1OC(C)=O. The van der Waals surface area contributed by atoms with Crippen molar-refractivity contribution in [3.05, 3.63) is 23.8 Å². The van der Waals surface area contributed by atoms with Gasteiger partial charge in [-0.2, -0.15) is 0 Å². The lowest BCUT2D eigenvalue weighted by atomic mass is 9.46. The minimum Gasteiger partial charge on any atom is -0.458 e. The first-order valence-corrected chi connectivity index (χ1v) is 9.85. The number of carbonyl (C=O) groups excluding carboxylic acids is 4. The summed E-state index contributed by atoms with van der Waals surface area (Å²) in [5, 5.41) is 0. The third kappa shape index (κ3) is 3.23. The molecule has 1 aliphatic heterocycles. The van der Waals surface area contributed by atoms with E-state index in [2.05, 4.69) is 13.5 Å². The van der Waals surface area contributed by atoms with Crippen LogP contribution in [0.1, 0.15) is 52.9 Å². The number of allylic oxidation sites excluding steroid dienone is 2. The van der Waals surface area contributed by atoms with Gasteiger partial charge in [0.2, 0.25) is 0 Å². The van der Waals surface area contributed by atoms with E-state index in [1.54, 1.807) is 13.0 Å². The summed E-state index contributed by atoms with van der Waals surface area (Å²) in [6, 6.07) is 0. The molecule has 2 saturated carbocycles. The number of Topliss-reactive ketones (excluding diaryl/α,β-unsaturated/α-hetero) is 1. The molecule has 0 spiro atoms. The Morgan fingerprint density at radius 2 is 2.04 bits per heavy atom. The van der Waals surface area contributed by atoms with Crippen LogP contribution in [0.2, 0.25) is 0 Å². The van der Waals surface area contributed by atoms with Gasteiger partial charge in [0.1, 0.15) is 18.7 Å². The maximum Gasteiger partial charge on any atom is 0.337 e. The largest absolute Gasteiger partial charge is 0.458 e. The zero-order valence-corrected chi connectivity index (χ0v) is 16.8. The molecule has 28 heavy (non-hydrogen) atoms. The highest BCUT2D eigenvalue weighted by molar-refractivity contribution is 5.99. The molecule has 1 heterocycles. The van der Waals surface area contributed by atoms with Crippen LogP contribution in [0.5, 0.6) is 0 Å². The van der Waals surface area contributed by atoms with Crippen LogP contribution in [0, 0.1) is 22.7 Å². The number of carbonyl (C=O) groups is 4. The number of ketones is 1. The van der Waals surface area contributed by atoms with E-state index in [0.29, 0.717) is 24.8 Å². The number of ether oxygens (including phenoxy) is 2. The first-order valence-electron chi connectivity index (χ1n) is 9.85. The van der Waals surface area contributed by atoms with Crippen molar-refractivity contribution in [1.29, 1.82) is 0 Å². The monoisotopic (exact) mass is 388 g/mol. The Morgan fingerprint density at radius 1 is 1.32 bits per heavy atom. The van der Waals surface area contributed by atoms with Crippen LogP contribution in [-0.2, 0) is 28.7 Å². The number of hydrogen-bond donors (Lipinski definition) is 0. The minimum atomic E-state index is -0.967. The molecule has 0 radical (unpaired) electrons. The van der Waals surface area contributed by atoms with E-state index < -0.39 is 23.5 Å². The van der Waals surface area contributed by atoms with Crippen molar-refractivity contribution < 1.29 is 28.7 Å². The van der Waals surface area contributed by atoms with Crippen LogP contribution in [-0.4, -0.2) is 36.7 Å². The molecule has 5 atom stereocenters. The van der Waals surface area contributed by atoms with Crippen LogP contribution in [0.4, 0.5) is 0 Å². The van der Waals surface area contributed by atoms with Crippen molar-refractivity contribution in [2.75, 3.05) is 6.61 Å². The topological polar surface area (TPSA) is 86.7 Å². The second-order valence-corrected chi connectivity index (χ2v) is 8.72. The van der Waals surface area contributed by atoms with Gasteiger partial charge in [-0.1, -0.05) is 25.2 Å². The molecule has 6 nitrogen and oxygen atoms in total. The third-order valence-electron chi connectivity index (χ3n) is 7.13. The first-order chi connectivity index (χ1) is 13.1. The number of esters is 2. The Morgan fingerprint density at radius 3 is 2.68 bits per heavy atom. The lowest BCUT2D eigenvalue weighted by Gasteiger charge is -2.56. The standard InChI is InChI=1S/C22H28O6/c1-13-5-8-18-21(3,10-9-19(25)22(18,4)12-23)16(13)7-6-15-17(28-14(2)24)11-27-20(15)26/h6,12,16-18H,1,5,7-11H2,2-4H3/b15-6+/t16-,17-,18?,21-,22+/m1/s1. The van der Waals surface area contributed by atoms with Gasteiger partial charge >= 0.3 is 11.9 Å².